The number of primary amides is 3. The van der Waals surface area contributed by atoms with E-state index in [2.05, 4.69) is 26.6 Å². The SMILES string of the molecule is CC(=O)NC(CO)C(=O)NC(CCC(N)=O)C(=O)NC(CC(N)=O)C(=O)[C@@]1(C(=O)NC(C(=O)NC(C(N)=O)C(C)C)C(C)C)C(CCCc2ccccc2)CCN1N. The molecule has 322 valence electrons. The molecule has 8 amide bonds. The zero-order valence-electron chi connectivity index (χ0n) is 33.7. The molecule has 58 heavy (non-hydrogen) atoms. The van der Waals surface area contributed by atoms with E-state index in [0.717, 1.165) is 17.5 Å². The number of hydrogen-bond donors (Lipinski definition) is 10. The zero-order valence-corrected chi connectivity index (χ0v) is 33.7. The molecule has 0 bridgehead atoms. The Morgan fingerprint density at radius 2 is 1.36 bits per heavy atom. The highest BCUT2D eigenvalue weighted by Gasteiger charge is 2.61. The molecular weight excluding hydrogens is 756 g/mol. The zero-order chi connectivity index (χ0) is 43.9. The van der Waals surface area contributed by atoms with Crippen molar-refractivity contribution in [1.29, 1.82) is 0 Å². The number of nitrogens with two attached hydrogens (primary N) is 4. The number of nitrogens with zero attached hydrogens (tertiary/aromatic N) is 1. The van der Waals surface area contributed by atoms with Gasteiger partial charge in [-0.05, 0) is 55.4 Å². The van der Waals surface area contributed by atoms with Crippen LogP contribution >= 0.6 is 0 Å². The van der Waals surface area contributed by atoms with E-state index in [1.54, 1.807) is 27.7 Å². The summed E-state index contributed by atoms with van der Waals surface area (Å²) in [5.41, 5.74) is 15.1. The number of benzene rings is 1. The highest BCUT2D eigenvalue weighted by molar-refractivity contribution is 6.15. The van der Waals surface area contributed by atoms with Crippen LogP contribution in [0.15, 0.2) is 30.3 Å². The average Bonchev–Trinajstić information content (AvgIpc) is 3.47. The van der Waals surface area contributed by atoms with Crippen molar-refractivity contribution in [1.82, 2.24) is 31.6 Å². The van der Waals surface area contributed by atoms with Gasteiger partial charge in [-0.2, -0.15) is 0 Å². The summed E-state index contributed by atoms with van der Waals surface area (Å²) in [6, 6.07) is 2.07. The summed E-state index contributed by atoms with van der Waals surface area (Å²) < 4.78 is 0. The Bertz CT molecular complexity index is 1660. The normalized spacial score (nSPS) is 19.2. The van der Waals surface area contributed by atoms with E-state index in [4.69, 9.17) is 23.0 Å². The van der Waals surface area contributed by atoms with Gasteiger partial charge in [-0.3, -0.25) is 49.0 Å². The molecule has 20 nitrogen and oxygen atoms in total. The number of nitrogens with one attached hydrogen (secondary N) is 5. The molecule has 1 aliphatic heterocycles. The highest BCUT2D eigenvalue weighted by atomic mass is 16.3. The summed E-state index contributed by atoms with van der Waals surface area (Å²) in [7, 11) is 0. The molecule has 1 aliphatic rings. The summed E-state index contributed by atoms with van der Waals surface area (Å²) in [5, 5.41) is 22.9. The molecule has 1 aromatic rings. The van der Waals surface area contributed by atoms with Crippen molar-refractivity contribution >= 4 is 53.0 Å². The molecule has 20 heteroatoms. The number of carbonyl (C=O) groups is 9. The molecule has 14 N–H and O–H groups in total. The van der Waals surface area contributed by atoms with Gasteiger partial charge < -0.3 is 48.9 Å². The lowest BCUT2D eigenvalue weighted by atomic mass is 9.74. The Hall–Kier alpha value is -5.47. The third-order valence-corrected chi connectivity index (χ3v) is 10.1. The summed E-state index contributed by atoms with van der Waals surface area (Å²) in [4.78, 5) is 119. The van der Waals surface area contributed by atoms with E-state index in [1.807, 2.05) is 30.3 Å². The Kier molecular flexibility index (Phi) is 18.9. The number of amides is 8. The lowest BCUT2D eigenvalue weighted by molar-refractivity contribution is -0.151. The number of Topliss-reactive ketones (excluding diaryl/α,β-unsaturated/α-hetero) is 1. The maximum absolute atomic E-state index is 15.1. The molecule has 0 aromatic heterocycles. The van der Waals surface area contributed by atoms with Gasteiger partial charge >= 0.3 is 0 Å². The fourth-order valence-electron chi connectivity index (χ4n) is 7.05. The summed E-state index contributed by atoms with van der Waals surface area (Å²) in [6.45, 7) is 6.84. The molecule has 0 aliphatic carbocycles. The highest BCUT2D eigenvalue weighted by Crippen LogP contribution is 2.39. The first-order valence-electron chi connectivity index (χ1n) is 19.2. The first-order valence-corrected chi connectivity index (χ1v) is 19.2. The number of carbonyl (C=O) groups excluding carboxylic acids is 9. The van der Waals surface area contributed by atoms with Crippen molar-refractivity contribution < 1.29 is 48.3 Å². The van der Waals surface area contributed by atoms with E-state index in [1.165, 1.54) is 0 Å². The number of aliphatic hydroxyl groups excluding tert-OH is 1. The standard InChI is InChI=1S/C38H60N10O10/c1-20(2)30(33(41)54)46-36(57)31(21(3)4)47-37(58)38(24(16-17-48(38)42)13-9-12-23-10-7-6-8-11-23)32(53)26(18-29(40)52)45-34(55)25(14-15-28(39)51)44-35(56)27(19-49)43-22(5)50/h6-8,10-11,20-21,24-27,30-31,49H,9,12-19,42H2,1-5H3,(H2,39,51)(H2,40,52)(H2,41,54)(H,43,50)(H,44,56)(H,45,55)(H,46,57)(H,47,58)/t24?,25?,26?,27?,30?,31?,38-/m1/s1. The van der Waals surface area contributed by atoms with Gasteiger partial charge in [-0.15, -0.1) is 0 Å². The van der Waals surface area contributed by atoms with Gasteiger partial charge in [-0.25, -0.2) is 5.01 Å². The minimum atomic E-state index is -2.31. The first-order chi connectivity index (χ1) is 27.2. The lowest BCUT2D eigenvalue weighted by Crippen LogP contribution is -2.72. The quantitative estimate of drug-likeness (QED) is 0.0366. The van der Waals surface area contributed by atoms with Crippen LogP contribution in [0.2, 0.25) is 0 Å². The van der Waals surface area contributed by atoms with Crippen molar-refractivity contribution in [3.05, 3.63) is 35.9 Å². The van der Waals surface area contributed by atoms with E-state index in [-0.39, 0.29) is 19.4 Å². The monoisotopic (exact) mass is 816 g/mol. The van der Waals surface area contributed by atoms with Gasteiger partial charge in [0.1, 0.15) is 24.2 Å². The predicted molar refractivity (Wildman–Crippen MR) is 210 cm³/mol. The molecule has 6 unspecified atom stereocenters. The number of hydrazine groups is 1. The molecule has 1 saturated heterocycles. The Labute approximate surface area is 337 Å². The molecule has 2 rings (SSSR count). The summed E-state index contributed by atoms with van der Waals surface area (Å²) in [6.07, 6.45) is -0.193. The van der Waals surface area contributed by atoms with E-state index < -0.39 is 132 Å². The third kappa shape index (κ3) is 13.3. The molecule has 1 fully saturated rings. The van der Waals surface area contributed by atoms with Gasteiger partial charge in [0.2, 0.25) is 41.4 Å². The van der Waals surface area contributed by atoms with Crippen LogP contribution in [0.1, 0.15) is 78.7 Å². The lowest BCUT2D eigenvalue weighted by Gasteiger charge is -2.41. The van der Waals surface area contributed by atoms with E-state index in [9.17, 15) is 43.5 Å². The first kappa shape index (κ1) is 48.7. The Morgan fingerprint density at radius 1 is 0.776 bits per heavy atom. The molecular formula is C38H60N10O10. The van der Waals surface area contributed by atoms with Crippen LogP contribution in [0.3, 0.4) is 0 Å². The number of ketones is 1. The minimum absolute atomic E-state index is 0.00499. The number of rotatable bonds is 24. The molecule has 0 saturated carbocycles. The summed E-state index contributed by atoms with van der Waals surface area (Å²) in [5.74, 6) is -3.61. The maximum atomic E-state index is 15.1. The van der Waals surface area contributed by atoms with Crippen molar-refractivity contribution in [3.63, 3.8) is 0 Å². The van der Waals surface area contributed by atoms with Crippen LogP contribution < -0.4 is 49.6 Å². The van der Waals surface area contributed by atoms with Gasteiger partial charge in [0.15, 0.2) is 11.3 Å². The van der Waals surface area contributed by atoms with Crippen molar-refractivity contribution in [2.75, 3.05) is 13.2 Å². The van der Waals surface area contributed by atoms with Crippen molar-refractivity contribution in [2.24, 2.45) is 40.8 Å². The van der Waals surface area contributed by atoms with Crippen LogP contribution in [-0.4, -0.2) is 112 Å². The predicted octanol–water partition coefficient (Wildman–Crippen LogP) is -3.11. The van der Waals surface area contributed by atoms with Crippen molar-refractivity contribution in [2.45, 2.75) is 115 Å². The van der Waals surface area contributed by atoms with Crippen LogP contribution in [0.5, 0.6) is 0 Å². The summed E-state index contributed by atoms with van der Waals surface area (Å²) >= 11 is 0. The van der Waals surface area contributed by atoms with Gasteiger partial charge in [0.25, 0.3) is 5.91 Å². The topological polar surface area (TPSA) is 341 Å². The van der Waals surface area contributed by atoms with Crippen LogP contribution in [-0.2, 0) is 49.6 Å². The maximum Gasteiger partial charge on any atom is 0.250 e. The average molecular weight is 817 g/mol. The molecule has 0 spiro atoms. The van der Waals surface area contributed by atoms with Gasteiger partial charge in [0.05, 0.1) is 19.1 Å². The van der Waals surface area contributed by atoms with Crippen LogP contribution in [0.25, 0.3) is 0 Å². The molecule has 1 aromatic carbocycles. The number of hydrogen-bond acceptors (Lipinski definition) is 12. The fourth-order valence-corrected chi connectivity index (χ4v) is 7.05. The second kappa shape index (κ2) is 22.5. The molecule has 1 heterocycles. The van der Waals surface area contributed by atoms with Gasteiger partial charge in [0, 0.05) is 19.9 Å². The van der Waals surface area contributed by atoms with E-state index in [0.29, 0.717) is 12.8 Å². The van der Waals surface area contributed by atoms with E-state index >= 15 is 4.79 Å². The molecule has 0 radical (unpaired) electrons. The Balaban J connectivity index is 2.66. The second-order valence-electron chi connectivity index (χ2n) is 15.2. The second-order valence-corrected chi connectivity index (χ2v) is 15.2. The number of aryl methyl sites for hydroxylation is 1. The van der Waals surface area contributed by atoms with Crippen molar-refractivity contribution in [3.8, 4) is 0 Å². The van der Waals surface area contributed by atoms with Crippen LogP contribution in [0.4, 0.5) is 0 Å². The molecule has 7 atom stereocenters. The fraction of sp³-hybridized carbons (Fsp3) is 0.605. The number of aliphatic hydroxyl groups is 1. The van der Waals surface area contributed by atoms with Gasteiger partial charge in [-0.1, -0.05) is 58.0 Å². The smallest absolute Gasteiger partial charge is 0.250 e. The minimum Gasteiger partial charge on any atom is -0.394 e. The van der Waals surface area contributed by atoms with Crippen LogP contribution in [0, 0.1) is 17.8 Å². The Morgan fingerprint density at radius 3 is 1.88 bits per heavy atom. The largest absolute Gasteiger partial charge is 0.394 e. The third-order valence-electron chi connectivity index (χ3n) is 10.1.